The van der Waals surface area contributed by atoms with Crippen LogP contribution in [0.1, 0.15) is 0 Å². The Morgan fingerprint density at radius 1 is 1.40 bits per heavy atom. The summed E-state index contributed by atoms with van der Waals surface area (Å²) < 4.78 is 4.25. The summed E-state index contributed by atoms with van der Waals surface area (Å²) in [6.45, 7) is 0. The molecule has 0 fully saturated rings. The standard InChI is InChI=1S/C2H6O.H3NS/c1-3-2;1-2/h1-2H3;2H,1H2. The molecule has 2 N–H and O–H groups in total. The van der Waals surface area contributed by atoms with E-state index in [1.54, 1.807) is 14.2 Å². The first-order valence-corrected chi connectivity index (χ1v) is 1.59. The lowest BCUT2D eigenvalue weighted by Gasteiger charge is -1.61. The van der Waals surface area contributed by atoms with Crippen molar-refractivity contribution in [1.82, 2.24) is 0 Å². The summed E-state index contributed by atoms with van der Waals surface area (Å²) in [7, 11) is 3.25. The van der Waals surface area contributed by atoms with Crippen molar-refractivity contribution in [2.75, 3.05) is 14.2 Å². The summed E-state index contributed by atoms with van der Waals surface area (Å²) in [4.78, 5) is 0. The van der Waals surface area contributed by atoms with E-state index in [2.05, 4.69) is 22.7 Å². The Bertz CT molecular complexity index is 9.61. The smallest absolute Gasteiger partial charge is 0.0351 e. The first-order chi connectivity index (χ1) is 2.41. The largest absolute Gasteiger partial charge is 0.388 e. The fourth-order valence-electron chi connectivity index (χ4n) is 0. The van der Waals surface area contributed by atoms with Gasteiger partial charge in [-0.15, -0.1) is 12.8 Å². The molecule has 0 saturated heterocycles. The van der Waals surface area contributed by atoms with E-state index in [1.165, 1.54) is 0 Å². The van der Waals surface area contributed by atoms with Crippen molar-refractivity contribution in [3.63, 3.8) is 0 Å². The third-order valence-corrected chi connectivity index (χ3v) is 0. The summed E-state index contributed by atoms with van der Waals surface area (Å²) in [5.74, 6) is 0. The molecule has 0 bridgehead atoms. The Hall–Kier alpha value is 0.270. The molecule has 0 spiro atoms. The molecular weight excluding hydrogens is 86.1 g/mol. The molecule has 0 aliphatic rings. The van der Waals surface area contributed by atoms with Gasteiger partial charge in [0.15, 0.2) is 0 Å². The van der Waals surface area contributed by atoms with E-state index in [0.717, 1.165) is 0 Å². The van der Waals surface area contributed by atoms with Crippen LogP contribution in [-0.4, -0.2) is 14.2 Å². The van der Waals surface area contributed by atoms with Crippen LogP contribution in [0.3, 0.4) is 0 Å². The molecule has 0 saturated carbocycles. The number of hydrogen-bond acceptors (Lipinski definition) is 3. The minimum absolute atomic E-state index is 1.62. The second kappa shape index (κ2) is 28.3. The van der Waals surface area contributed by atoms with E-state index >= 15 is 0 Å². The monoisotopic (exact) mass is 95.0 g/mol. The molecule has 0 aliphatic carbocycles. The molecule has 5 heavy (non-hydrogen) atoms. The minimum atomic E-state index is 1.62. The predicted molar refractivity (Wildman–Crippen MR) is 26.1 cm³/mol. The van der Waals surface area contributed by atoms with E-state index in [1.807, 2.05) is 0 Å². The van der Waals surface area contributed by atoms with Gasteiger partial charge in [-0.2, -0.15) is 0 Å². The zero-order valence-electron chi connectivity index (χ0n) is 3.43. The van der Waals surface area contributed by atoms with Crippen molar-refractivity contribution in [2.24, 2.45) is 5.14 Å². The molecule has 0 heterocycles. The van der Waals surface area contributed by atoms with E-state index in [9.17, 15) is 0 Å². The lowest BCUT2D eigenvalue weighted by Crippen LogP contribution is -1.55. The van der Waals surface area contributed by atoms with Gasteiger partial charge in [0.05, 0.1) is 0 Å². The van der Waals surface area contributed by atoms with Gasteiger partial charge < -0.3 is 4.74 Å². The molecule has 0 aromatic heterocycles. The molecular formula is C2H9NOS. The van der Waals surface area contributed by atoms with E-state index in [4.69, 9.17) is 0 Å². The first kappa shape index (κ1) is 8.99. The normalized spacial score (nSPS) is 4.80. The van der Waals surface area contributed by atoms with Gasteiger partial charge >= 0.3 is 0 Å². The van der Waals surface area contributed by atoms with Crippen LogP contribution in [0.25, 0.3) is 0 Å². The van der Waals surface area contributed by atoms with Gasteiger partial charge in [-0.25, -0.2) is 0 Å². The Morgan fingerprint density at radius 2 is 1.40 bits per heavy atom. The SMILES string of the molecule is COC.NS. The van der Waals surface area contributed by atoms with Gasteiger partial charge in [-0.05, 0) is 0 Å². The van der Waals surface area contributed by atoms with Gasteiger partial charge in [0.25, 0.3) is 0 Å². The summed E-state index contributed by atoms with van der Waals surface area (Å²) in [6.07, 6.45) is 0. The molecule has 0 atom stereocenters. The average molecular weight is 95.2 g/mol. The number of nitrogens with two attached hydrogens (primary N) is 1. The summed E-state index contributed by atoms with van der Waals surface area (Å²) in [5.41, 5.74) is 0. The topological polar surface area (TPSA) is 35.2 Å². The first-order valence-electron chi connectivity index (χ1n) is 1.07. The Morgan fingerprint density at radius 3 is 1.40 bits per heavy atom. The Balaban J connectivity index is 0. The number of methoxy groups -OCH3 is 1. The van der Waals surface area contributed by atoms with Crippen LogP contribution in [-0.2, 0) is 4.74 Å². The van der Waals surface area contributed by atoms with Gasteiger partial charge in [0.1, 0.15) is 0 Å². The average Bonchev–Trinajstić information content (AvgIpc) is 1.46. The number of hydrogen-bond donors (Lipinski definition) is 2. The maximum Gasteiger partial charge on any atom is 0.0351 e. The zero-order chi connectivity index (χ0) is 4.71. The molecule has 0 rings (SSSR count). The predicted octanol–water partition coefficient (Wildman–Crippen LogP) is 0.0525. The molecule has 0 aromatic rings. The fourth-order valence-corrected chi connectivity index (χ4v) is 0. The fraction of sp³-hybridized carbons (Fsp3) is 1.00. The van der Waals surface area contributed by atoms with Crippen LogP contribution >= 0.6 is 12.8 Å². The number of rotatable bonds is 0. The van der Waals surface area contributed by atoms with Crippen molar-refractivity contribution < 1.29 is 4.74 Å². The quantitative estimate of drug-likeness (QED) is 0.417. The maximum atomic E-state index is 4.25. The van der Waals surface area contributed by atoms with Crippen molar-refractivity contribution >= 4 is 12.8 Å². The van der Waals surface area contributed by atoms with Crippen molar-refractivity contribution in [1.29, 1.82) is 0 Å². The Labute approximate surface area is 37.9 Å². The van der Waals surface area contributed by atoms with Crippen LogP contribution in [0.15, 0.2) is 0 Å². The molecule has 3 heteroatoms. The zero-order valence-corrected chi connectivity index (χ0v) is 4.33. The van der Waals surface area contributed by atoms with Gasteiger partial charge in [0, 0.05) is 14.2 Å². The van der Waals surface area contributed by atoms with E-state index in [0.29, 0.717) is 0 Å². The van der Waals surface area contributed by atoms with Crippen LogP contribution in [0, 0.1) is 0 Å². The van der Waals surface area contributed by atoms with Crippen molar-refractivity contribution in [3.8, 4) is 0 Å². The molecule has 2 nitrogen and oxygen atoms in total. The van der Waals surface area contributed by atoms with E-state index in [-0.39, 0.29) is 0 Å². The number of thiol groups is 1. The Kier molecular flexibility index (Phi) is 50.9. The lowest BCUT2D eigenvalue weighted by atomic mass is 11.6. The third kappa shape index (κ3) is 302. The maximum absolute atomic E-state index is 4.25. The molecule has 0 aromatic carbocycles. The highest BCUT2D eigenvalue weighted by Crippen LogP contribution is 1.28. The van der Waals surface area contributed by atoms with Gasteiger partial charge in [-0.1, -0.05) is 0 Å². The molecule has 0 aliphatic heterocycles. The highest BCUT2D eigenvalue weighted by atomic mass is 32.1. The van der Waals surface area contributed by atoms with Crippen LogP contribution < -0.4 is 5.14 Å². The van der Waals surface area contributed by atoms with Crippen molar-refractivity contribution in [3.05, 3.63) is 0 Å². The third-order valence-electron chi connectivity index (χ3n) is 0. The second-order valence-corrected chi connectivity index (χ2v) is 0.408. The molecule has 34 valence electrons. The molecule has 0 unspecified atom stereocenters. The van der Waals surface area contributed by atoms with Crippen LogP contribution in [0.2, 0.25) is 0 Å². The molecule has 0 radical (unpaired) electrons. The van der Waals surface area contributed by atoms with Gasteiger partial charge in [-0.3, -0.25) is 5.14 Å². The van der Waals surface area contributed by atoms with Crippen LogP contribution in [0.5, 0.6) is 0 Å². The minimum Gasteiger partial charge on any atom is -0.388 e. The summed E-state index contributed by atoms with van der Waals surface area (Å²) >= 11 is 3.03. The van der Waals surface area contributed by atoms with E-state index < -0.39 is 0 Å². The van der Waals surface area contributed by atoms with Crippen LogP contribution in [0.4, 0.5) is 0 Å². The summed E-state index contributed by atoms with van der Waals surface area (Å²) in [6, 6.07) is 0. The van der Waals surface area contributed by atoms with Gasteiger partial charge in [0.2, 0.25) is 0 Å². The summed E-state index contributed by atoms with van der Waals surface area (Å²) in [5, 5.41) is 4.19. The highest BCUT2D eigenvalue weighted by molar-refractivity contribution is 7.77. The number of ether oxygens (including phenoxy) is 1. The second-order valence-electron chi connectivity index (χ2n) is 0.408. The molecule has 0 amide bonds. The van der Waals surface area contributed by atoms with Crippen molar-refractivity contribution in [2.45, 2.75) is 0 Å². The highest BCUT2D eigenvalue weighted by Gasteiger charge is 1.25. The lowest BCUT2D eigenvalue weighted by molar-refractivity contribution is 0.277.